The molecule has 1 aliphatic heterocycles. The van der Waals surface area contributed by atoms with Crippen LogP contribution in [0.3, 0.4) is 0 Å². The minimum absolute atomic E-state index is 0.150. The average molecular weight is 380 g/mol. The fourth-order valence-electron chi connectivity index (χ4n) is 4.79. The van der Waals surface area contributed by atoms with Gasteiger partial charge in [0.2, 0.25) is 0 Å². The Hall–Kier alpha value is 0.162. The summed E-state index contributed by atoms with van der Waals surface area (Å²) in [4.78, 5) is 0. The maximum atomic E-state index is 6.55. The molecule has 0 amide bonds. The van der Waals surface area contributed by atoms with Gasteiger partial charge in [-0.05, 0) is 55.7 Å². The Labute approximate surface area is 163 Å². The highest BCUT2D eigenvalue weighted by molar-refractivity contribution is 6.74. The molecule has 0 bridgehead atoms. The minimum atomic E-state index is -1.76. The van der Waals surface area contributed by atoms with Crippen LogP contribution in [0.4, 0.5) is 0 Å². The molecule has 150 valence electrons. The van der Waals surface area contributed by atoms with Gasteiger partial charge >= 0.3 is 7.12 Å². The van der Waals surface area contributed by atoms with Crippen LogP contribution in [0, 0.1) is 11.8 Å². The zero-order valence-electron chi connectivity index (χ0n) is 17.9. The fraction of sp³-hybridized carbons (Fsp3) is 1.00. The summed E-state index contributed by atoms with van der Waals surface area (Å²) < 4.78 is 19.5. The minimum Gasteiger partial charge on any atom is -0.419 e. The average Bonchev–Trinajstić information content (AvgIpc) is 3.05. The van der Waals surface area contributed by atoms with Gasteiger partial charge in [-0.1, -0.05) is 59.3 Å². The molecule has 0 radical (unpaired) electrons. The van der Waals surface area contributed by atoms with Crippen molar-refractivity contribution in [2.45, 2.75) is 115 Å². The summed E-state index contributed by atoms with van der Waals surface area (Å²) in [6.07, 6.45) is 14.2. The highest BCUT2D eigenvalue weighted by Gasteiger charge is 2.48. The summed E-state index contributed by atoms with van der Waals surface area (Å²) in [6.45, 7) is 12.1. The van der Waals surface area contributed by atoms with Gasteiger partial charge in [0.25, 0.3) is 0 Å². The summed E-state index contributed by atoms with van der Waals surface area (Å²) >= 11 is 0. The van der Waals surface area contributed by atoms with Crippen LogP contribution in [0.15, 0.2) is 0 Å². The van der Waals surface area contributed by atoms with E-state index in [1.54, 1.807) is 0 Å². The second kappa shape index (κ2) is 8.67. The van der Waals surface area contributed by atoms with E-state index in [4.69, 9.17) is 13.7 Å². The van der Waals surface area contributed by atoms with Gasteiger partial charge < -0.3 is 13.7 Å². The van der Waals surface area contributed by atoms with Crippen molar-refractivity contribution in [1.29, 1.82) is 0 Å². The molecule has 2 aliphatic carbocycles. The fourth-order valence-corrected chi connectivity index (χ4v) is 5.78. The van der Waals surface area contributed by atoms with Crippen molar-refractivity contribution in [2.24, 2.45) is 11.8 Å². The van der Waals surface area contributed by atoms with Crippen LogP contribution in [0.25, 0.3) is 0 Å². The molecule has 0 unspecified atom stereocenters. The lowest BCUT2D eigenvalue weighted by molar-refractivity contribution is 0.0324. The standard InChI is InChI=1S/C21H41BO3Si/c1-21(2,3)26(4,5)23-16-22-24-19(17-12-8-6-9-13-17)20(25-22)18-14-10-7-11-15-18/h17-20H,6-16H2,1-5H3/t19-,20-/m0/s1. The van der Waals surface area contributed by atoms with E-state index in [0.717, 1.165) is 0 Å². The topological polar surface area (TPSA) is 27.7 Å². The molecule has 0 N–H and O–H groups in total. The van der Waals surface area contributed by atoms with E-state index in [2.05, 4.69) is 33.9 Å². The van der Waals surface area contributed by atoms with Crippen LogP contribution in [0.2, 0.25) is 18.1 Å². The largest absolute Gasteiger partial charge is 0.483 e. The number of hydrogen-bond donors (Lipinski definition) is 0. The van der Waals surface area contributed by atoms with Crippen LogP contribution < -0.4 is 0 Å². The number of rotatable bonds is 5. The summed E-state index contributed by atoms with van der Waals surface area (Å²) in [6, 6.07) is 0. The predicted octanol–water partition coefficient (Wildman–Crippen LogP) is 5.98. The summed E-state index contributed by atoms with van der Waals surface area (Å²) in [7, 11) is -1.91. The van der Waals surface area contributed by atoms with E-state index in [9.17, 15) is 0 Å². The first-order valence-corrected chi connectivity index (χ1v) is 14.1. The second-order valence-corrected chi connectivity index (χ2v) is 15.3. The van der Waals surface area contributed by atoms with Crippen molar-refractivity contribution in [2.75, 3.05) is 6.51 Å². The Bertz CT molecular complexity index is 413. The first-order valence-electron chi connectivity index (χ1n) is 11.2. The Morgan fingerprint density at radius 3 is 1.62 bits per heavy atom. The van der Waals surface area contributed by atoms with E-state index in [-0.39, 0.29) is 12.2 Å². The molecule has 3 rings (SSSR count). The zero-order chi connectivity index (χ0) is 18.8. The normalized spacial score (nSPS) is 30.1. The van der Waals surface area contributed by atoms with Gasteiger partial charge in [-0.3, -0.25) is 0 Å². The highest BCUT2D eigenvalue weighted by Crippen LogP contribution is 2.41. The summed E-state index contributed by atoms with van der Waals surface area (Å²) in [5, 5.41) is 0.233. The van der Waals surface area contributed by atoms with Crippen LogP contribution in [0.1, 0.15) is 85.0 Å². The highest BCUT2D eigenvalue weighted by atomic mass is 28.4. The van der Waals surface area contributed by atoms with Gasteiger partial charge in [0.15, 0.2) is 8.32 Å². The molecular weight excluding hydrogens is 339 g/mol. The molecule has 2 atom stereocenters. The lowest BCUT2D eigenvalue weighted by Gasteiger charge is -2.36. The zero-order valence-corrected chi connectivity index (χ0v) is 18.9. The van der Waals surface area contributed by atoms with E-state index in [0.29, 0.717) is 30.5 Å². The monoisotopic (exact) mass is 380 g/mol. The van der Waals surface area contributed by atoms with Crippen molar-refractivity contribution in [3.05, 3.63) is 0 Å². The smallest absolute Gasteiger partial charge is 0.419 e. The Balaban J connectivity index is 1.63. The van der Waals surface area contributed by atoms with Gasteiger partial charge in [-0.2, -0.15) is 0 Å². The van der Waals surface area contributed by atoms with Gasteiger partial charge in [-0.15, -0.1) is 0 Å². The molecule has 3 nitrogen and oxygen atoms in total. The lowest BCUT2D eigenvalue weighted by Crippen LogP contribution is -2.44. The molecule has 5 heteroatoms. The van der Waals surface area contributed by atoms with E-state index < -0.39 is 8.32 Å². The van der Waals surface area contributed by atoms with Gasteiger partial charge in [-0.25, -0.2) is 0 Å². The van der Waals surface area contributed by atoms with Crippen molar-refractivity contribution >= 4 is 15.4 Å². The molecule has 1 heterocycles. The van der Waals surface area contributed by atoms with Crippen LogP contribution >= 0.6 is 0 Å². The third kappa shape index (κ3) is 4.95. The molecule has 1 saturated heterocycles. The van der Waals surface area contributed by atoms with E-state index in [1.165, 1.54) is 64.2 Å². The summed E-state index contributed by atoms with van der Waals surface area (Å²) in [5.41, 5.74) is 0. The van der Waals surface area contributed by atoms with Gasteiger partial charge in [0, 0.05) is 0 Å². The van der Waals surface area contributed by atoms with Gasteiger partial charge in [0.1, 0.15) is 0 Å². The first kappa shape index (κ1) is 20.9. The van der Waals surface area contributed by atoms with Crippen LogP contribution in [0.5, 0.6) is 0 Å². The Kier molecular flexibility index (Phi) is 6.96. The van der Waals surface area contributed by atoms with E-state index in [1.807, 2.05) is 0 Å². The molecule has 0 aromatic rings. The van der Waals surface area contributed by atoms with Crippen molar-refractivity contribution in [3.63, 3.8) is 0 Å². The number of hydrogen-bond acceptors (Lipinski definition) is 3. The quantitative estimate of drug-likeness (QED) is 0.549. The van der Waals surface area contributed by atoms with Crippen molar-refractivity contribution in [3.8, 4) is 0 Å². The van der Waals surface area contributed by atoms with Crippen LogP contribution in [-0.2, 0) is 13.7 Å². The Morgan fingerprint density at radius 1 is 0.808 bits per heavy atom. The predicted molar refractivity (Wildman–Crippen MR) is 112 cm³/mol. The maximum absolute atomic E-state index is 6.55. The molecule has 3 aliphatic rings. The maximum Gasteiger partial charge on any atom is 0.483 e. The molecule has 0 aromatic heterocycles. The van der Waals surface area contributed by atoms with Gasteiger partial charge in [0.05, 0.1) is 18.7 Å². The third-order valence-corrected chi connectivity index (χ3v) is 12.1. The molecule has 3 fully saturated rings. The first-order chi connectivity index (χ1) is 12.3. The van der Waals surface area contributed by atoms with Crippen molar-refractivity contribution < 1.29 is 13.7 Å². The van der Waals surface area contributed by atoms with E-state index >= 15 is 0 Å². The SMILES string of the molecule is CC(C)(C)[Si](C)(C)OCB1O[C@@H](C2CCCCC2)[C@H](C2CCCCC2)O1. The molecule has 0 aromatic carbocycles. The summed E-state index contributed by atoms with van der Waals surface area (Å²) in [5.74, 6) is 1.40. The van der Waals surface area contributed by atoms with Crippen molar-refractivity contribution in [1.82, 2.24) is 0 Å². The molecular formula is C21H41BO3Si. The van der Waals surface area contributed by atoms with Crippen LogP contribution in [-0.4, -0.2) is 34.1 Å². The molecule has 2 saturated carbocycles. The second-order valence-electron chi connectivity index (χ2n) is 10.5. The molecule has 0 spiro atoms. The molecule has 26 heavy (non-hydrogen) atoms. The third-order valence-electron chi connectivity index (χ3n) is 7.56. The lowest BCUT2D eigenvalue weighted by atomic mass is 9.77. The Morgan fingerprint density at radius 2 is 1.23 bits per heavy atom.